The molecule has 0 aromatic heterocycles. The summed E-state index contributed by atoms with van der Waals surface area (Å²) in [4.78, 5) is 18.8. The molecule has 0 N–H and O–H groups in total. The van der Waals surface area contributed by atoms with Gasteiger partial charge in [0.05, 0.1) is 21.9 Å². The van der Waals surface area contributed by atoms with Gasteiger partial charge < -0.3 is 9.80 Å². The second kappa shape index (κ2) is 11.6. The van der Waals surface area contributed by atoms with E-state index in [1.54, 1.807) is 35.9 Å². The molecule has 2 aromatic rings. The van der Waals surface area contributed by atoms with Crippen LogP contribution < -0.4 is 0 Å². The normalized spacial score (nSPS) is 22.8. The number of likely N-dealkylation sites (tertiary alicyclic amines) is 1. The van der Waals surface area contributed by atoms with Crippen molar-refractivity contribution < 1.29 is 30.8 Å². The summed E-state index contributed by atoms with van der Waals surface area (Å²) in [5.41, 5.74) is -0.137. The fraction of sp³-hybridized carbons (Fsp3) is 0.500. The lowest BCUT2D eigenvalue weighted by atomic mass is 9.93. The summed E-state index contributed by atoms with van der Waals surface area (Å²) in [5.74, 6) is -1.57. The van der Waals surface area contributed by atoms with Gasteiger partial charge in [0.2, 0.25) is 10.0 Å². The molecule has 3 atom stereocenters. The molecule has 40 heavy (non-hydrogen) atoms. The van der Waals surface area contributed by atoms with Gasteiger partial charge in [-0.25, -0.2) is 17.6 Å². The molecular formula is C26H30Cl2F4N4O3S. The highest BCUT2D eigenvalue weighted by molar-refractivity contribution is 7.88. The van der Waals surface area contributed by atoms with Gasteiger partial charge >= 0.3 is 12.2 Å². The van der Waals surface area contributed by atoms with Crippen molar-refractivity contribution >= 4 is 39.3 Å². The number of hydrogen-bond donors (Lipinski definition) is 0. The van der Waals surface area contributed by atoms with Gasteiger partial charge in [-0.3, -0.25) is 4.90 Å². The number of hydrogen-bond acceptors (Lipinski definition) is 4. The van der Waals surface area contributed by atoms with Gasteiger partial charge in [0.1, 0.15) is 5.82 Å². The Bertz CT molecular complexity index is 1380. The monoisotopic (exact) mass is 624 g/mol. The lowest BCUT2D eigenvalue weighted by Crippen LogP contribution is -2.57. The van der Waals surface area contributed by atoms with Crippen molar-refractivity contribution in [1.82, 2.24) is 19.0 Å². The van der Waals surface area contributed by atoms with Crippen LogP contribution in [-0.4, -0.2) is 91.6 Å². The van der Waals surface area contributed by atoms with Gasteiger partial charge in [-0.15, -0.1) is 0 Å². The summed E-state index contributed by atoms with van der Waals surface area (Å²) in [6.45, 7) is 3.20. The van der Waals surface area contributed by atoms with E-state index in [1.165, 1.54) is 10.4 Å². The minimum Gasteiger partial charge on any atom is -0.322 e. The fourth-order valence-corrected chi connectivity index (χ4v) is 7.00. The molecule has 14 heteroatoms. The fourth-order valence-electron chi connectivity index (χ4n) is 5.56. The predicted octanol–water partition coefficient (Wildman–Crippen LogP) is 5.14. The average Bonchev–Trinajstić information content (AvgIpc) is 3.29. The quantitative estimate of drug-likeness (QED) is 0.432. The van der Waals surface area contributed by atoms with Crippen LogP contribution in [0.2, 0.25) is 10.0 Å². The predicted molar refractivity (Wildman–Crippen MR) is 145 cm³/mol. The van der Waals surface area contributed by atoms with Crippen LogP contribution in [0.25, 0.3) is 0 Å². The van der Waals surface area contributed by atoms with E-state index in [0.717, 1.165) is 24.0 Å². The van der Waals surface area contributed by atoms with E-state index in [1.807, 2.05) is 11.0 Å². The molecule has 2 unspecified atom stereocenters. The number of rotatable bonds is 5. The van der Waals surface area contributed by atoms with Crippen LogP contribution in [0.15, 0.2) is 36.4 Å². The standard InChI is InChI=1S/C26H30Cl2F4N4O3S/c1-16-12-34(8-9-36(16)40(3,38)39)25(37)35-14-19(18-5-7-21(27)22(28)11-18)24(15-35)33(2)13-17-4-6-20(23(29)10-17)26(30,31)32/h4-7,10-11,16,19,24H,8-9,12-15H2,1-3H3/t16-,19?,24?/m0/s1. The molecule has 2 saturated heterocycles. The smallest absolute Gasteiger partial charge is 0.322 e. The SMILES string of the molecule is C[C@H]1CN(C(=O)N2CC(c3ccc(Cl)c(Cl)c3)C(N(C)Cc3ccc(C(F)(F)F)c(F)c3)C2)CCN1S(C)(=O)=O. The molecule has 0 spiro atoms. The van der Waals surface area contributed by atoms with Crippen LogP contribution in [0.1, 0.15) is 29.5 Å². The summed E-state index contributed by atoms with van der Waals surface area (Å²) >= 11 is 12.4. The van der Waals surface area contributed by atoms with Crippen molar-refractivity contribution in [3.8, 4) is 0 Å². The van der Waals surface area contributed by atoms with E-state index in [0.29, 0.717) is 28.7 Å². The minimum absolute atomic E-state index is 0.143. The second-order valence-corrected chi connectivity index (χ2v) is 13.2. The highest BCUT2D eigenvalue weighted by Crippen LogP contribution is 2.36. The first-order valence-corrected chi connectivity index (χ1v) is 15.2. The minimum atomic E-state index is -4.79. The van der Waals surface area contributed by atoms with Crippen LogP contribution in [0.3, 0.4) is 0 Å². The van der Waals surface area contributed by atoms with Crippen LogP contribution in [0, 0.1) is 5.82 Å². The number of benzene rings is 2. The molecule has 0 bridgehead atoms. The molecule has 7 nitrogen and oxygen atoms in total. The Hall–Kier alpha value is -2.12. The first kappa shape index (κ1) is 30.8. The zero-order chi connectivity index (χ0) is 29.6. The summed E-state index contributed by atoms with van der Waals surface area (Å²) in [7, 11) is -1.63. The van der Waals surface area contributed by atoms with Crippen molar-refractivity contribution in [3.05, 3.63) is 69.0 Å². The maximum absolute atomic E-state index is 14.2. The van der Waals surface area contributed by atoms with Gasteiger partial charge in [-0.1, -0.05) is 35.3 Å². The molecule has 0 radical (unpaired) electrons. The summed E-state index contributed by atoms with van der Waals surface area (Å²) in [6, 6.07) is 7.18. The lowest BCUT2D eigenvalue weighted by Gasteiger charge is -2.39. The maximum Gasteiger partial charge on any atom is 0.419 e. The van der Waals surface area contributed by atoms with Gasteiger partial charge in [-0.05, 0) is 49.4 Å². The van der Waals surface area contributed by atoms with E-state index < -0.39 is 27.6 Å². The van der Waals surface area contributed by atoms with Gasteiger partial charge in [-0.2, -0.15) is 17.5 Å². The van der Waals surface area contributed by atoms with Gasteiger partial charge in [0, 0.05) is 57.3 Å². The third-order valence-electron chi connectivity index (χ3n) is 7.53. The highest BCUT2D eigenvalue weighted by Gasteiger charge is 2.42. The molecule has 2 fully saturated rings. The third-order valence-corrected chi connectivity index (χ3v) is 9.66. The number of halogens is 6. The molecule has 2 aliphatic rings. The number of nitrogens with zero attached hydrogens (tertiary/aromatic N) is 4. The van der Waals surface area contributed by atoms with Crippen LogP contribution in [-0.2, 0) is 22.7 Å². The van der Waals surface area contributed by atoms with Gasteiger partial charge in [0.15, 0.2) is 0 Å². The van der Waals surface area contributed by atoms with Crippen molar-refractivity contribution in [3.63, 3.8) is 0 Å². The van der Waals surface area contributed by atoms with Crippen molar-refractivity contribution in [2.75, 3.05) is 46.0 Å². The molecule has 220 valence electrons. The molecule has 0 saturated carbocycles. The Balaban J connectivity index is 1.56. The van der Waals surface area contributed by atoms with E-state index in [9.17, 15) is 30.8 Å². The zero-order valence-electron chi connectivity index (χ0n) is 22.1. The number of urea groups is 1. The zero-order valence-corrected chi connectivity index (χ0v) is 24.5. The summed E-state index contributed by atoms with van der Waals surface area (Å²) in [6.07, 6.45) is -3.64. The first-order valence-electron chi connectivity index (χ1n) is 12.6. The number of sulfonamides is 1. The van der Waals surface area contributed by atoms with E-state index >= 15 is 0 Å². The lowest BCUT2D eigenvalue weighted by molar-refractivity contribution is -0.140. The molecule has 0 aliphatic carbocycles. The Kier molecular flexibility index (Phi) is 8.97. The van der Waals surface area contributed by atoms with Crippen molar-refractivity contribution in [2.45, 2.75) is 37.6 Å². The molecule has 4 rings (SSSR count). The summed E-state index contributed by atoms with van der Waals surface area (Å²) in [5, 5.41) is 0.722. The first-order chi connectivity index (χ1) is 18.6. The van der Waals surface area contributed by atoms with E-state index in [2.05, 4.69) is 0 Å². The Labute approximate surface area is 241 Å². The highest BCUT2D eigenvalue weighted by atomic mass is 35.5. The van der Waals surface area contributed by atoms with Crippen molar-refractivity contribution in [2.24, 2.45) is 0 Å². The number of carbonyl (C=O) groups is 1. The molecular weight excluding hydrogens is 595 g/mol. The summed E-state index contributed by atoms with van der Waals surface area (Å²) < 4.78 is 78.8. The number of likely N-dealkylation sites (N-methyl/N-ethyl adjacent to an activating group) is 1. The van der Waals surface area contributed by atoms with E-state index in [-0.39, 0.29) is 50.2 Å². The molecule has 2 aromatic carbocycles. The Morgan fingerprint density at radius 1 is 1.02 bits per heavy atom. The average molecular weight is 626 g/mol. The molecule has 2 heterocycles. The number of carbonyl (C=O) groups excluding carboxylic acids is 1. The number of amides is 2. The van der Waals surface area contributed by atoms with Gasteiger partial charge in [0.25, 0.3) is 0 Å². The van der Waals surface area contributed by atoms with Crippen LogP contribution in [0.5, 0.6) is 0 Å². The second-order valence-electron chi connectivity index (χ2n) is 10.4. The van der Waals surface area contributed by atoms with E-state index in [4.69, 9.17) is 23.2 Å². The van der Waals surface area contributed by atoms with Crippen LogP contribution >= 0.6 is 23.2 Å². The maximum atomic E-state index is 14.2. The number of piperazine rings is 1. The topological polar surface area (TPSA) is 64.2 Å². The Morgan fingerprint density at radius 2 is 1.73 bits per heavy atom. The molecule has 2 amide bonds. The molecule has 2 aliphatic heterocycles. The third kappa shape index (κ3) is 6.67. The Morgan fingerprint density at radius 3 is 2.30 bits per heavy atom. The van der Waals surface area contributed by atoms with Crippen LogP contribution in [0.4, 0.5) is 22.4 Å². The largest absolute Gasteiger partial charge is 0.419 e. The van der Waals surface area contributed by atoms with Crippen molar-refractivity contribution in [1.29, 1.82) is 0 Å². The number of alkyl halides is 3.